The maximum atomic E-state index is 13.2. The highest BCUT2D eigenvalue weighted by molar-refractivity contribution is 7.89. The Morgan fingerprint density at radius 3 is 2.70 bits per heavy atom. The van der Waals surface area contributed by atoms with Crippen LogP contribution in [0.15, 0.2) is 58.2 Å². The molecular weight excluding hydrogens is 404 g/mol. The summed E-state index contributed by atoms with van der Waals surface area (Å²) in [7, 11) is -3.66. The topological polar surface area (TPSA) is 95.8 Å². The van der Waals surface area contributed by atoms with Gasteiger partial charge in [0.25, 0.3) is 0 Å². The fourth-order valence-electron chi connectivity index (χ4n) is 3.58. The number of piperazine rings is 1. The smallest absolute Gasteiger partial charge is 0.245 e. The fourth-order valence-corrected chi connectivity index (χ4v) is 5.16. The molecule has 0 atom stereocenters. The van der Waals surface area contributed by atoms with Crippen molar-refractivity contribution < 1.29 is 17.6 Å². The van der Waals surface area contributed by atoms with Gasteiger partial charge in [-0.1, -0.05) is 12.1 Å². The molecule has 0 unspecified atom stereocenters. The van der Waals surface area contributed by atoms with Crippen molar-refractivity contribution in [2.75, 3.05) is 32.7 Å². The molecule has 0 aliphatic carbocycles. The fraction of sp³-hybridized carbons (Fsp3) is 0.333. The number of hydrogen-bond donors (Lipinski definition) is 1. The molecule has 4 rings (SSSR count). The van der Waals surface area contributed by atoms with E-state index >= 15 is 0 Å². The maximum absolute atomic E-state index is 13.2. The Balaban J connectivity index is 1.38. The number of aryl methyl sites for hydroxylation is 1. The molecule has 30 heavy (non-hydrogen) atoms. The number of furan rings is 1. The van der Waals surface area contributed by atoms with Crippen LogP contribution < -0.4 is 5.32 Å². The Bertz CT molecular complexity index is 1140. The minimum Gasteiger partial charge on any atom is -0.467 e. The third-order valence-electron chi connectivity index (χ3n) is 5.17. The highest BCUT2D eigenvalue weighted by Crippen LogP contribution is 2.25. The predicted octanol–water partition coefficient (Wildman–Crippen LogP) is 1.76. The van der Waals surface area contributed by atoms with Crippen LogP contribution >= 0.6 is 0 Å². The van der Waals surface area contributed by atoms with Gasteiger partial charge in [0, 0.05) is 37.8 Å². The summed E-state index contributed by atoms with van der Waals surface area (Å²) in [5.41, 5.74) is 1.47. The zero-order chi connectivity index (χ0) is 21.1. The van der Waals surface area contributed by atoms with Crippen LogP contribution in [0.1, 0.15) is 11.3 Å². The van der Waals surface area contributed by atoms with Crippen LogP contribution in [0.4, 0.5) is 0 Å². The normalized spacial score (nSPS) is 16.0. The standard InChI is InChI=1S/C21H24N4O4S/c1-16-12-17-4-2-6-19(21(17)23-13-16)30(27,28)25-9-7-24(8-10-25)15-20(26)22-14-18-5-3-11-29-18/h2-6,11-13H,7-10,14-15H2,1H3,(H,22,26). The average molecular weight is 429 g/mol. The van der Waals surface area contributed by atoms with Crippen LogP contribution in [0.3, 0.4) is 0 Å². The summed E-state index contributed by atoms with van der Waals surface area (Å²) in [6.45, 7) is 4.14. The second-order valence-corrected chi connectivity index (χ2v) is 9.28. The zero-order valence-corrected chi connectivity index (χ0v) is 17.6. The Kier molecular flexibility index (Phi) is 5.85. The largest absolute Gasteiger partial charge is 0.467 e. The van der Waals surface area contributed by atoms with E-state index in [1.165, 1.54) is 4.31 Å². The predicted molar refractivity (Wildman–Crippen MR) is 112 cm³/mol. The Morgan fingerprint density at radius 1 is 1.17 bits per heavy atom. The van der Waals surface area contributed by atoms with Crippen molar-refractivity contribution >= 4 is 26.8 Å². The number of para-hydroxylation sites is 1. The van der Waals surface area contributed by atoms with Crippen molar-refractivity contribution in [3.8, 4) is 0 Å². The number of fused-ring (bicyclic) bond motifs is 1. The highest BCUT2D eigenvalue weighted by Gasteiger charge is 2.30. The number of pyridine rings is 1. The first-order valence-corrected chi connectivity index (χ1v) is 11.2. The molecule has 2 aromatic heterocycles. The van der Waals surface area contributed by atoms with E-state index in [1.54, 1.807) is 36.7 Å². The second kappa shape index (κ2) is 8.55. The number of amides is 1. The van der Waals surface area contributed by atoms with Gasteiger partial charge in [0.2, 0.25) is 15.9 Å². The van der Waals surface area contributed by atoms with Crippen molar-refractivity contribution in [3.63, 3.8) is 0 Å². The summed E-state index contributed by atoms with van der Waals surface area (Å²) >= 11 is 0. The van der Waals surface area contributed by atoms with E-state index < -0.39 is 10.0 Å². The minimum absolute atomic E-state index is 0.115. The molecule has 0 spiro atoms. The molecular formula is C21H24N4O4S. The van der Waals surface area contributed by atoms with Gasteiger partial charge in [0.15, 0.2) is 0 Å². The van der Waals surface area contributed by atoms with Crippen molar-refractivity contribution in [2.45, 2.75) is 18.4 Å². The monoisotopic (exact) mass is 428 g/mol. The number of benzene rings is 1. The Morgan fingerprint density at radius 2 is 1.97 bits per heavy atom. The first kappa shape index (κ1) is 20.5. The zero-order valence-electron chi connectivity index (χ0n) is 16.7. The molecule has 9 heteroatoms. The molecule has 158 valence electrons. The molecule has 1 aliphatic heterocycles. The minimum atomic E-state index is -3.66. The maximum Gasteiger partial charge on any atom is 0.245 e. The van der Waals surface area contributed by atoms with Gasteiger partial charge < -0.3 is 9.73 Å². The molecule has 1 fully saturated rings. The van der Waals surface area contributed by atoms with Gasteiger partial charge in [0.1, 0.15) is 10.7 Å². The van der Waals surface area contributed by atoms with Crippen LogP contribution in [0.2, 0.25) is 0 Å². The van der Waals surface area contributed by atoms with Gasteiger partial charge in [-0.05, 0) is 36.8 Å². The van der Waals surface area contributed by atoms with E-state index in [4.69, 9.17) is 4.42 Å². The quantitative estimate of drug-likeness (QED) is 0.643. The van der Waals surface area contributed by atoms with Gasteiger partial charge in [-0.15, -0.1) is 0 Å². The second-order valence-electron chi connectivity index (χ2n) is 7.38. The van der Waals surface area contributed by atoms with Crippen molar-refractivity contribution in [1.29, 1.82) is 0 Å². The first-order valence-electron chi connectivity index (χ1n) is 9.80. The van der Waals surface area contributed by atoms with Crippen LogP contribution in [0.25, 0.3) is 10.9 Å². The van der Waals surface area contributed by atoms with Crippen molar-refractivity contribution in [1.82, 2.24) is 19.5 Å². The summed E-state index contributed by atoms with van der Waals surface area (Å²) in [5.74, 6) is 0.578. The van der Waals surface area contributed by atoms with E-state index in [2.05, 4.69) is 10.3 Å². The van der Waals surface area contributed by atoms with Gasteiger partial charge in [-0.3, -0.25) is 14.7 Å². The van der Waals surface area contributed by atoms with Gasteiger partial charge >= 0.3 is 0 Å². The number of aromatic nitrogens is 1. The SMILES string of the molecule is Cc1cnc2c(S(=O)(=O)N3CCN(CC(=O)NCc4ccco4)CC3)cccc2c1. The van der Waals surface area contributed by atoms with Crippen LogP contribution in [-0.4, -0.2) is 61.2 Å². The third-order valence-corrected chi connectivity index (χ3v) is 7.10. The Labute approximate surface area is 175 Å². The van der Waals surface area contributed by atoms with Gasteiger partial charge in [-0.2, -0.15) is 4.31 Å². The lowest BCUT2D eigenvalue weighted by atomic mass is 10.2. The van der Waals surface area contributed by atoms with Crippen LogP contribution in [0.5, 0.6) is 0 Å². The van der Waals surface area contributed by atoms with E-state index in [0.717, 1.165) is 10.9 Å². The molecule has 1 saturated heterocycles. The number of hydrogen-bond acceptors (Lipinski definition) is 6. The molecule has 1 N–H and O–H groups in total. The van der Waals surface area contributed by atoms with E-state index in [0.29, 0.717) is 44.0 Å². The van der Waals surface area contributed by atoms with Crippen LogP contribution in [0, 0.1) is 6.92 Å². The first-order chi connectivity index (χ1) is 14.4. The summed E-state index contributed by atoms with van der Waals surface area (Å²) in [6.07, 6.45) is 3.24. The lowest BCUT2D eigenvalue weighted by molar-refractivity contribution is -0.122. The number of nitrogens with one attached hydrogen (secondary N) is 1. The van der Waals surface area contributed by atoms with E-state index in [-0.39, 0.29) is 17.3 Å². The summed E-state index contributed by atoms with van der Waals surface area (Å²) in [6, 6.07) is 10.7. The molecule has 1 amide bonds. The average Bonchev–Trinajstić information content (AvgIpc) is 3.26. The molecule has 0 saturated carbocycles. The number of rotatable bonds is 6. The molecule has 0 bridgehead atoms. The highest BCUT2D eigenvalue weighted by atomic mass is 32.2. The van der Waals surface area contributed by atoms with E-state index in [1.807, 2.05) is 24.0 Å². The number of sulfonamides is 1. The number of carbonyl (C=O) groups excluding carboxylic acids is 1. The van der Waals surface area contributed by atoms with Gasteiger partial charge in [0.05, 0.1) is 24.9 Å². The summed E-state index contributed by atoms with van der Waals surface area (Å²) in [5, 5.41) is 3.62. The van der Waals surface area contributed by atoms with Crippen molar-refractivity contribution in [3.05, 3.63) is 60.2 Å². The molecule has 0 radical (unpaired) electrons. The lowest BCUT2D eigenvalue weighted by Gasteiger charge is -2.33. The van der Waals surface area contributed by atoms with Crippen molar-refractivity contribution in [2.24, 2.45) is 0 Å². The van der Waals surface area contributed by atoms with E-state index in [9.17, 15) is 13.2 Å². The molecule has 8 nitrogen and oxygen atoms in total. The number of carbonyl (C=O) groups is 1. The van der Waals surface area contributed by atoms with Crippen LogP contribution in [-0.2, 0) is 21.4 Å². The summed E-state index contributed by atoms with van der Waals surface area (Å²) < 4.78 is 33.1. The molecule has 3 aromatic rings. The lowest BCUT2D eigenvalue weighted by Crippen LogP contribution is -2.51. The third kappa shape index (κ3) is 4.38. The van der Waals surface area contributed by atoms with Gasteiger partial charge in [-0.25, -0.2) is 8.42 Å². The molecule has 1 aliphatic rings. The molecule has 1 aromatic carbocycles. The molecule has 3 heterocycles. The Hall–Kier alpha value is -2.75. The summed E-state index contributed by atoms with van der Waals surface area (Å²) in [4.78, 5) is 18.7. The number of nitrogens with zero attached hydrogens (tertiary/aromatic N) is 3.